The molecular weight excluding hydrogens is 382 g/mol. The molecule has 0 atom stereocenters. The molecule has 0 bridgehead atoms. The summed E-state index contributed by atoms with van der Waals surface area (Å²) in [6.45, 7) is 0. The zero-order valence-corrected chi connectivity index (χ0v) is 19.0. The number of rotatable bonds is 3. The molecule has 0 spiro atoms. The Morgan fingerprint density at radius 1 is 0.464 bits per heavy atom. The summed E-state index contributed by atoms with van der Waals surface area (Å²) >= 11 is 0. The van der Waals surface area contributed by atoms with Crippen molar-refractivity contribution in [3.8, 4) is 0 Å². The largest absolute Gasteiger partial charge is 3.00 e. The Hall–Kier alpha value is -2.41. The van der Waals surface area contributed by atoms with Gasteiger partial charge in [-0.25, -0.2) is 0 Å². The molecule has 1 radical (unpaired) electrons. The quantitative estimate of drug-likeness (QED) is 0.580. The van der Waals surface area contributed by atoms with Gasteiger partial charge in [0.25, 0.3) is 0 Å². The van der Waals surface area contributed by atoms with Gasteiger partial charge in [0.1, 0.15) is 0 Å². The predicted octanol–water partition coefficient (Wildman–Crippen LogP) is 4.66. The molecule has 4 heteroatoms. The Kier molecular flexibility index (Phi) is 13.4. The van der Waals surface area contributed by atoms with Gasteiger partial charge >= 0.3 is 17.4 Å². The van der Waals surface area contributed by atoms with Crippen LogP contribution in [-0.4, -0.2) is 42.3 Å². The molecule has 3 nitrogen and oxygen atoms in total. The average Bonchev–Trinajstić information content (AvgIpc) is 2.71. The number of anilines is 3. The third-order valence-electron chi connectivity index (χ3n) is 3.52. The molecule has 0 aliphatic heterocycles. The van der Waals surface area contributed by atoms with E-state index in [4.69, 9.17) is 0 Å². The van der Waals surface area contributed by atoms with E-state index in [-0.39, 0.29) is 17.4 Å². The van der Waals surface area contributed by atoms with Gasteiger partial charge in [0.2, 0.25) is 0 Å². The van der Waals surface area contributed by atoms with Crippen LogP contribution in [0.15, 0.2) is 72.8 Å². The number of nitrogens with zero attached hydrogens (tertiary/aromatic N) is 3. The molecule has 3 rings (SSSR count). The summed E-state index contributed by atoms with van der Waals surface area (Å²) in [7, 11) is 12.0. The topological polar surface area (TPSA) is 9.72 Å². The number of para-hydroxylation sites is 3. The summed E-state index contributed by atoms with van der Waals surface area (Å²) in [4.78, 5) is 6.08. The van der Waals surface area contributed by atoms with E-state index >= 15 is 0 Å². The molecule has 3 aromatic rings. The maximum absolute atomic E-state index is 3.09. The maximum Gasteiger partial charge on any atom is 3.00 e. The van der Waals surface area contributed by atoms with Gasteiger partial charge in [0, 0.05) is 42.3 Å². The zero-order chi connectivity index (χ0) is 20.1. The van der Waals surface area contributed by atoms with Crippen molar-refractivity contribution >= 4 is 17.1 Å². The van der Waals surface area contributed by atoms with Crippen LogP contribution in [0.1, 0.15) is 0 Å². The first-order chi connectivity index (χ1) is 12.9. The molecule has 0 saturated carbocycles. The van der Waals surface area contributed by atoms with Crippen LogP contribution in [-0.2, 0) is 17.4 Å². The average molecular weight is 413 g/mol. The van der Waals surface area contributed by atoms with Crippen LogP contribution in [0.25, 0.3) is 0 Å². The first kappa shape index (κ1) is 25.6. The normalized spacial score (nSPS) is 8.79. The number of benzene rings is 3. The molecule has 3 aromatic carbocycles. The number of hydrogen-bond acceptors (Lipinski definition) is 3. The summed E-state index contributed by atoms with van der Waals surface area (Å²) in [6, 6.07) is 33.0. The molecule has 147 valence electrons. The molecule has 0 fully saturated rings. The summed E-state index contributed by atoms with van der Waals surface area (Å²) < 4.78 is 0. The van der Waals surface area contributed by atoms with Gasteiger partial charge in [-0.2, -0.15) is 72.8 Å². The van der Waals surface area contributed by atoms with E-state index < -0.39 is 0 Å². The number of hydrogen-bond donors (Lipinski definition) is 0. The van der Waals surface area contributed by atoms with Crippen molar-refractivity contribution in [2.45, 2.75) is 0 Å². The SMILES string of the molecule is CN(C)c1[c-]cccc1.CN(C)c1[c-]cccc1.CN(C)c1[c-]cccc1.[Cr+3]. The molecular formula is C24H30CrN3. The maximum atomic E-state index is 3.09. The van der Waals surface area contributed by atoms with Gasteiger partial charge in [0.15, 0.2) is 0 Å². The van der Waals surface area contributed by atoms with Crippen molar-refractivity contribution in [1.82, 2.24) is 0 Å². The second-order valence-electron chi connectivity index (χ2n) is 6.43. The molecule has 0 N–H and O–H groups in total. The van der Waals surface area contributed by atoms with Gasteiger partial charge in [-0.15, -0.1) is 18.2 Å². The minimum absolute atomic E-state index is 0. The van der Waals surface area contributed by atoms with E-state index in [1.807, 2.05) is 130 Å². The van der Waals surface area contributed by atoms with Gasteiger partial charge in [-0.05, 0) is 0 Å². The van der Waals surface area contributed by atoms with Gasteiger partial charge in [-0.3, -0.25) is 0 Å². The summed E-state index contributed by atoms with van der Waals surface area (Å²) in [5, 5.41) is 0. The predicted molar refractivity (Wildman–Crippen MR) is 119 cm³/mol. The van der Waals surface area contributed by atoms with Crippen LogP contribution in [0.4, 0.5) is 17.1 Å². The van der Waals surface area contributed by atoms with E-state index in [2.05, 4.69) is 18.2 Å². The van der Waals surface area contributed by atoms with Crippen LogP contribution in [0, 0.1) is 18.2 Å². The summed E-state index contributed by atoms with van der Waals surface area (Å²) in [6.07, 6.45) is 0. The van der Waals surface area contributed by atoms with E-state index in [0.29, 0.717) is 0 Å². The Morgan fingerprint density at radius 2 is 0.714 bits per heavy atom. The van der Waals surface area contributed by atoms with Gasteiger partial charge in [0.05, 0.1) is 0 Å². The fourth-order valence-corrected chi connectivity index (χ4v) is 1.99. The van der Waals surface area contributed by atoms with Crippen LogP contribution in [0.3, 0.4) is 0 Å². The van der Waals surface area contributed by atoms with E-state index in [0.717, 1.165) is 17.1 Å². The van der Waals surface area contributed by atoms with Crippen molar-refractivity contribution in [1.29, 1.82) is 0 Å². The minimum atomic E-state index is 0. The third kappa shape index (κ3) is 10.7. The van der Waals surface area contributed by atoms with Crippen LogP contribution < -0.4 is 14.7 Å². The van der Waals surface area contributed by atoms with Crippen molar-refractivity contribution in [2.24, 2.45) is 0 Å². The van der Waals surface area contributed by atoms with Crippen LogP contribution in [0.2, 0.25) is 0 Å². The Balaban J connectivity index is 0.000000384. The zero-order valence-electron chi connectivity index (χ0n) is 17.7. The van der Waals surface area contributed by atoms with Gasteiger partial charge < -0.3 is 14.7 Å². The fourth-order valence-electron chi connectivity index (χ4n) is 1.99. The fraction of sp³-hybridized carbons (Fsp3) is 0.250. The smallest absolute Gasteiger partial charge is 0.400 e. The van der Waals surface area contributed by atoms with E-state index in [1.165, 1.54) is 0 Å². The monoisotopic (exact) mass is 412 g/mol. The molecule has 28 heavy (non-hydrogen) atoms. The Labute approximate surface area is 182 Å². The minimum Gasteiger partial charge on any atom is -0.400 e. The first-order valence-electron chi connectivity index (χ1n) is 8.84. The first-order valence-corrected chi connectivity index (χ1v) is 8.84. The Morgan fingerprint density at radius 3 is 0.821 bits per heavy atom. The third-order valence-corrected chi connectivity index (χ3v) is 3.52. The van der Waals surface area contributed by atoms with Crippen molar-refractivity contribution in [3.63, 3.8) is 0 Å². The summed E-state index contributed by atoms with van der Waals surface area (Å²) in [5.41, 5.74) is 3.37. The van der Waals surface area contributed by atoms with Gasteiger partial charge in [-0.1, -0.05) is 17.1 Å². The second kappa shape index (κ2) is 14.6. The van der Waals surface area contributed by atoms with E-state index in [1.54, 1.807) is 0 Å². The molecule has 0 heterocycles. The van der Waals surface area contributed by atoms with Crippen molar-refractivity contribution in [2.75, 3.05) is 57.0 Å². The summed E-state index contributed by atoms with van der Waals surface area (Å²) in [5.74, 6) is 0. The van der Waals surface area contributed by atoms with Crippen LogP contribution in [0.5, 0.6) is 0 Å². The molecule has 0 aromatic heterocycles. The standard InChI is InChI=1S/3C8H10N.Cr/c3*1-9(2)8-6-4-3-5-7-8;/h3*3-6H,1-2H3;/q3*-1;+3. The van der Waals surface area contributed by atoms with E-state index in [9.17, 15) is 0 Å². The molecule has 0 amide bonds. The molecule has 0 saturated heterocycles. The second-order valence-corrected chi connectivity index (χ2v) is 6.43. The van der Waals surface area contributed by atoms with Crippen molar-refractivity contribution < 1.29 is 17.4 Å². The Bertz CT molecular complexity index is 611. The molecule has 0 aliphatic carbocycles. The molecule has 0 unspecified atom stereocenters. The van der Waals surface area contributed by atoms with Crippen molar-refractivity contribution in [3.05, 3.63) is 91.0 Å². The molecule has 0 aliphatic rings. The van der Waals surface area contributed by atoms with Crippen LogP contribution >= 0.6 is 0 Å².